The van der Waals surface area contributed by atoms with Gasteiger partial charge in [0.15, 0.2) is 17.3 Å². The highest BCUT2D eigenvalue weighted by Gasteiger charge is 2.24. The summed E-state index contributed by atoms with van der Waals surface area (Å²) < 4.78 is 11.5. The minimum absolute atomic E-state index is 0.0379. The minimum atomic E-state index is -0.0379. The monoisotopic (exact) mass is 488 g/mol. The van der Waals surface area contributed by atoms with Gasteiger partial charge in [-0.1, -0.05) is 19.1 Å². The van der Waals surface area contributed by atoms with Gasteiger partial charge in [-0.05, 0) is 94.3 Å². The first-order valence-electron chi connectivity index (χ1n) is 13.2. The van der Waals surface area contributed by atoms with Crippen LogP contribution in [0.1, 0.15) is 95.1 Å². The summed E-state index contributed by atoms with van der Waals surface area (Å²) in [6.07, 6.45) is 12.0. The molecule has 0 heterocycles. The summed E-state index contributed by atoms with van der Waals surface area (Å²) >= 11 is 0. The third-order valence-corrected chi connectivity index (χ3v) is 6.95. The molecule has 0 aromatic heterocycles. The summed E-state index contributed by atoms with van der Waals surface area (Å²) in [6.45, 7) is 4.28. The third kappa shape index (κ3) is 10.1. The molecule has 2 N–H and O–H groups in total. The van der Waals surface area contributed by atoms with Crippen LogP contribution in [-0.2, 0) is 20.7 Å². The van der Waals surface area contributed by atoms with Crippen LogP contribution in [0, 0.1) is 5.92 Å². The molecular formula is C29H44O6. The predicted octanol–water partition coefficient (Wildman–Crippen LogP) is 5.67. The number of aliphatic hydroxyl groups excluding tert-OH is 1. The van der Waals surface area contributed by atoms with E-state index in [1.165, 1.54) is 0 Å². The maximum absolute atomic E-state index is 12.5. The number of allylic oxidation sites excluding steroid dienone is 2. The molecule has 1 aromatic rings. The molecule has 1 fully saturated rings. The summed E-state index contributed by atoms with van der Waals surface area (Å²) in [7, 11) is 1.65. The van der Waals surface area contributed by atoms with Gasteiger partial charge in [0, 0.05) is 38.7 Å². The van der Waals surface area contributed by atoms with E-state index in [1.54, 1.807) is 20.1 Å². The van der Waals surface area contributed by atoms with E-state index in [0.29, 0.717) is 50.9 Å². The Morgan fingerprint density at radius 2 is 1.89 bits per heavy atom. The quantitative estimate of drug-likeness (QED) is 0.275. The summed E-state index contributed by atoms with van der Waals surface area (Å²) in [6, 6.07) is 3.84. The smallest absolute Gasteiger partial charge is 0.161 e. The average molecular weight is 489 g/mol. The van der Waals surface area contributed by atoms with Crippen LogP contribution in [0.2, 0.25) is 0 Å². The maximum atomic E-state index is 12.5. The second-order valence-electron chi connectivity index (χ2n) is 9.78. The molecule has 2 atom stereocenters. The first kappa shape index (κ1) is 29.1. The van der Waals surface area contributed by atoms with E-state index in [2.05, 4.69) is 0 Å². The number of hydrogen-bond acceptors (Lipinski definition) is 6. The van der Waals surface area contributed by atoms with Crippen molar-refractivity contribution >= 4 is 11.6 Å². The van der Waals surface area contributed by atoms with Crippen molar-refractivity contribution in [3.63, 3.8) is 0 Å². The molecule has 2 unspecified atom stereocenters. The number of hydrogen-bond donors (Lipinski definition) is 2. The van der Waals surface area contributed by atoms with Gasteiger partial charge in [0.05, 0.1) is 6.10 Å². The van der Waals surface area contributed by atoms with Gasteiger partial charge in [-0.15, -0.1) is 0 Å². The Labute approximate surface area is 210 Å². The number of rotatable bonds is 17. The van der Waals surface area contributed by atoms with Gasteiger partial charge >= 0.3 is 0 Å². The lowest BCUT2D eigenvalue weighted by atomic mass is 9.88. The minimum Gasteiger partial charge on any atom is -0.504 e. The van der Waals surface area contributed by atoms with Crippen LogP contribution in [0.4, 0.5) is 0 Å². The number of carbonyl (C=O) groups is 2. The zero-order valence-electron chi connectivity index (χ0n) is 21.8. The summed E-state index contributed by atoms with van der Waals surface area (Å²) in [5, 5.41) is 20.3. The molecule has 196 valence electrons. The molecule has 1 aliphatic carbocycles. The second-order valence-corrected chi connectivity index (χ2v) is 9.78. The first-order chi connectivity index (χ1) is 16.9. The van der Waals surface area contributed by atoms with Gasteiger partial charge in [0.1, 0.15) is 5.78 Å². The Morgan fingerprint density at radius 1 is 1.14 bits per heavy atom. The third-order valence-electron chi connectivity index (χ3n) is 6.95. The number of ketones is 2. The molecule has 0 bridgehead atoms. The molecule has 0 aliphatic heterocycles. The van der Waals surface area contributed by atoms with E-state index in [9.17, 15) is 14.7 Å². The highest BCUT2D eigenvalue weighted by molar-refractivity contribution is 5.89. The molecule has 6 heteroatoms. The molecule has 1 aliphatic rings. The van der Waals surface area contributed by atoms with Gasteiger partial charge in [-0.2, -0.15) is 0 Å². The predicted molar refractivity (Wildman–Crippen MR) is 138 cm³/mol. The van der Waals surface area contributed by atoms with E-state index >= 15 is 0 Å². The summed E-state index contributed by atoms with van der Waals surface area (Å²) in [4.78, 5) is 24.2. The van der Waals surface area contributed by atoms with Crippen molar-refractivity contribution in [1.82, 2.24) is 0 Å². The number of phenolic OH excluding ortho intramolecular Hbond substituents is 1. The molecule has 0 saturated heterocycles. The van der Waals surface area contributed by atoms with Crippen LogP contribution in [0.5, 0.6) is 11.5 Å². The number of aryl methyl sites for hydroxylation is 1. The van der Waals surface area contributed by atoms with Crippen molar-refractivity contribution in [3.05, 3.63) is 35.4 Å². The molecule has 0 radical (unpaired) electrons. The van der Waals surface area contributed by atoms with Crippen molar-refractivity contribution < 1.29 is 29.3 Å². The maximum Gasteiger partial charge on any atom is 0.161 e. The Morgan fingerprint density at radius 3 is 2.51 bits per heavy atom. The molecule has 0 amide bonds. The molecule has 0 spiro atoms. The molecule has 35 heavy (non-hydrogen) atoms. The number of carbonyl (C=O) groups excluding carboxylic acids is 2. The van der Waals surface area contributed by atoms with E-state index in [0.717, 1.165) is 43.2 Å². The zero-order chi connectivity index (χ0) is 25.6. The molecule has 6 nitrogen and oxygen atoms in total. The lowest BCUT2D eigenvalue weighted by Gasteiger charge is -2.22. The lowest BCUT2D eigenvalue weighted by Crippen LogP contribution is -2.13. The van der Waals surface area contributed by atoms with E-state index in [-0.39, 0.29) is 41.9 Å². The van der Waals surface area contributed by atoms with E-state index in [1.807, 2.05) is 25.1 Å². The Kier molecular flexibility index (Phi) is 13.1. The van der Waals surface area contributed by atoms with Gasteiger partial charge in [-0.25, -0.2) is 0 Å². The van der Waals surface area contributed by atoms with Crippen molar-refractivity contribution in [2.24, 2.45) is 5.92 Å². The highest BCUT2D eigenvalue weighted by atomic mass is 16.5. The number of phenols is 1. The van der Waals surface area contributed by atoms with Gasteiger partial charge in [0.2, 0.25) is 0 Å². The number of benzene rings is 1. The van der Waals surface area contributed by atoms with Crippen LogP contribution in [-0.4, -0.2) is 48.2 Å². The average Bonchev–Trinajstić information content (AvgIpc) is 3.35. The van der Waals surface area contributed by atoms with Gasteiger partial charge in [-0.3, -0.25) is 4.79 Å². The normalized spacial score (nSPS) is 16.0. The topological polar surface area (TPSA) is 93.1 Å². The highest BCUT2D eigenvalue weighted by Crippen LogP contribution is 2.41. The fraction of sp³-hybridized carbons (Fsp3) is 0.655. The van der Waals surface area contributed by atoms with Crippen LogP contribution < -0.4 is 4.74 Å². The van der Waals surface area contributed by atoms with Gasteiger partial charge < -0.3 is 24.5 Å². The van der Waals surface area contributed by atoms with E-state index in [4.69, 9.17) is 14.6 Å². The SMILES string of the molecule is CCC(C=CC(=O)CCc1cc(OC2CCCC2)c(O)c(C(CCOC)CCC(C)=O)c1)CCO. The first-order valence-corrected chi connectivity index (χ1v) is 13.2. The standard InChI is InChI=1S/C29H44O6/c1-4-22(15-17-30)10-13-25(32)14-11-23-19-27(24(16-18-34-3)12-9-21(2)31)29(33)28(20-23)35-26-7-5-6-8-26/h10,13,19-20,22,24,26,30,33H,4-9,11-12,14-18H2,1-3H3. The number of ether oxygens (including phenoxy) is 2. The number of Topliss-reactive ketones (excluding diaryl/α,β-unsaturated/α-hetero) is 1. The lowest BCUT2D eigenvalue weighted by molar-refractivity contribution is -0.117. The van der Waals surface area contributed by atoms with Gasteiger partial charge in [0.25, 0.3) is 0 Å². The molecule has 1 saturated carbocycles. The van der Waals surface area contributed by atoms with Crippen molar-refractivity contribution in [2.75, 3.05) is 20.3 Å². The fourth-order valence-corrected chi connectivity index (χ4v) is 4.71. The Balaban J connectivity index is 2.25. The summed E-state index contributed by atoms with van der Waals surface area (Å²) in [5.41, 5.74) is 1.71. The number of aliphatic hydroxyl groups is 1. The summed E-state index contributed by atoms with van der Waals surface area (Å²) in [5.74, 6) is 0.955. The Hall–Kier alpha value is -2.18. The van der Waals surface area contributed by atoms with Crippen LogP contribution in [0.25, 0.3) is 0 Å². The van der Waals surface area contributed by atoms with Crippen LogP contribution in [0.15, 0.2) is 24.3 Å². The van der Waals surface area contributed by atoms with Crippen LogP contribution in [0.3, 0.4) is 0 Å². The van der Waals surface area contributed by atoms with Crippen molar-refractivity contribution in [1.29, 1.82) is 0 Å². The van der Waals surface area contributed by atoms with Crippen molar-refractivity contribution in [2.45, 2.75) is 96.5 Å². The number of aromatic hydroxyl groups is 1. The molecule has 2 rings (SSSR count). The Bertz CT molecular complexity index is 825. The number of methoxy groups -OCH3 is 1. The fourth-order valence-electron chi connectivity index (χ4n) is 4.71. The largest absolute Gasteiger partial charge is 0.504 e. The zero-order valence-corrected chi connectivity index (χ0v) is 21.8. The molecular weight excluding hydrogens is 444 g/mol. The second kappa shape index (κ2) is 15.7. The van der Waals surface area contributed by atoms with Crippen molar-refractivity contribution in [3.8, 4) is 11.5 Å². The van der Waals surface area contributed by atoms with E-state index < -0.39 is 0 Å². The van der Waals surface area contributed by atoms with Crippen LogP contribution >= 0.6 is 0 Å². The molecule has 1 aromatic carbocycles.